The summed E-state index contributed by atoms with van der Waals surface area (Å²) in [5.41, 5.74) is -0.550. The Morgan fingerprint density at radius 1 is 1.14 bits per heavy atom. The summed E-state index contributed by atoms with van der Waals surface area (Å²) in [5, 5.41) is 0.590. The van der Waals surface area contributed by atoms with Crippen LogP contribution >= 0.6 is 23.2 Å². The predicted molar refractivity (Wildman–Crippen MR) is 77.6 cm³/mol. The summed E-state index contributed by atoms with van der Waals surface area (Å²) in [6.07, 6.45) is -4.24. The fourth-order valence-corrected chi connectivity index (χ4v) is 2.13. The average Bonchev–Trinajstić information content (AvgIpc) is 2.47. The minimum absolute atomic E-state index is 0.0704. The number of benzene rings is 2. The van der Waals surface area contributed by atoms with Crippen molar-refractivity contribution in [2.45, 2.75) is 12.8 Å². The molecule has 2 nitrogen and oxygen atoms in total. The topological polar surface area (TPSA) is 26.3 Å². The molecule has 0 unspecified atom stereocenters. The Bertz CT molecular complexity index is 700. The van der Waals surface area contributed by atoms with Gasteiger partial charge in [0.25, 0.3) is 0 Å². The number of rotatable bonds is 4. The highest BCUT2D eigenvalue weighted by Crippen LogP contribution is 2.33. The fourth-order valence-electron chi connectivity index (χ4n) is 1.76. The van der Waals surface area contributed by atoms with Crippen molar-refractivity contribution < 1.29 is 22.7 Å². The number of alkyl halides is 3. The van der Waals surface area contributed by atoms with Gasteiger partial charge in [0, 0.05) is 11.1 Å². The molecular formula is C15H9Cl2F3O2. The lowest BCUT2D eigenvalue weighted by molar-refractivity contribution is -0.137. The molecular weight excluding hydrogens is 340 g/mol. The zero-order valence-corrected chi connectivity index (χ0v) is 12.5. The minimum atomic E-state index is -4.56. The third kappa shape index (κ3) is 3.93. The molecule has 0 aliphatic rings. The summed E-state index contributed by atoms with van der Waals surface area (Å²) >= 11 is 11.8. The highest BCUT2D eigenvalue weighted by Gasteiger charge is 2.31. The fraction of sp³-hybridized carbons (Fsp3) is 0.133. The summed E-state index contributed by atoms with van der Waals surface area (Å²) in [6, 6.07) is 7.68. The Morgan fingerprint density at radius 3 is 2.50 bits per heavy atom. The summed E-state index contributed by atoms with van der Waals surface area (Å²) in [5.74, 6) is -0.0760. The molecule has 22 heavy (non-hydrogen) atoms. The zero-order valence-electron chi connectivity index (χ0n) is 11.0. The Balaban J connectivity index is 2.26. The second-order valence-corrected chi connectivity index (χ2v) is 5.19. The van der Waals surface area contributed by atoms with E-state index in [9.17, 15) is 18.0 Å². The van der Waals surface area contributed by atoms with E-state index in [-0.39, 0.29) is 22.9 Å². The van der Waals surface area contributed by atoms with Gasteiger partial charge in [0.15, 0.2) is 0 Å². The van der Waals surface area contributed by atoms with E-state index in [4.69, 9.17) is 27.9 Å². The molecule has 2 rings (SSSR count). The van der Waals surface area contributed by atoms with Gasteiger partial charge in [0.2, 0.25) is 0 Å². The molecule has 0 heterocycles. The first-order chi connectivity index (χ1) is 10.3. The van der Waals surface area contributed by atoms with Gasteiger partial charge >= 0.3 is 6.18 Å². The Kier molecular flexibility index (Phi) is 4.98. The number of halogens is 5. The number of ether oxygens (including phenoxy) is 1. The van der Waals surface area contributed by atoms with E-state index >= 15 is 0 Å². The molecule has 0 N–H and O–H groups in total. The molecule has 0 spiro atoms. The van der Waals surface area contributed by atoms with Gasteiger partial charge in [-0.15, -0.1) is 0 Å². The van der Waals surface area contributed by atoms with E-state index in [2.05, 4.69) is 0 Å². The number of hydrogen-bond donors (Lipinski definition) is 0. The molecule has 0 aliphatic carbocycles. The van der Waals surface area contributed by atoms with Crippen LogP contribution in [0.2, 0.25) is 10.0 Å². The molecule has 0 radical (unpaired) electrons. The Morgan fingerprint density at radius 2 is 1.86 bits per heavy atom. The van der Waals surface area contributed by atoms with E-state index in [1.54, 1.807) is 18.2 Å². The molecule has 116 valence electrons. The molecule has 0 saturated carbocycles. The quantitative estimate of drug-likeness (QED) is 0.691. The van der Waals surface area contributed by atoms with Crippen molar-refractivity contribution in [1.82, 2.24) is 0 Å². The normalized spacial score (nSPS) is 11.3. The smallest absolute Gasteiger partial charge is 0.416 e. The van der Waals surface area contributed by atoms with Crippen molar-refractivity contribution in [2.24, 2.45) is 0 Å². The van der Waals surface area contributed by atoms with Crippen LogP contribution in [-0.2, 0) is 12.8 Å². The molecule has 2 aromatic carbocycles. The van der Waals surface area contributed by atoms with Gasteiger partial charge < -0.3 is 4.74 Å². The van der Waals surface area contributed by atoms with E-state index in [1.165, 1.54) is 6.07 Å². The van der Waals surface area contributed by atoms with Crippen LogP contribution in [0, 0.1) is 0 Å². The predicted octanol–water partition coefficient (Wildman–Crippen LogP) is 5.40. The largest absolute Gasteiger partial charge is 0.489 e. The Hall–Kier alpha value is -1.72. The van der Waals surface area contributed by atoms with Gasteiger partial charge in [-0.2, -0.15) is 13.2 Å². The summed E-state index contributed by atoms with van der Waals surface area (Å²) < 4.78 is 43.6. The summed E-state index contributed by atoms with van der Waals surface area (Å²) in [4.78, 5) is 10.7. The molecule has 0 saturated heterocycles. The molecule has 0 atom stereocenters. The van der Waals surface area contributed by atoms with Gasteiger partial charge in [-0.3, -0.25) is 4.79 Å². The standard InChI is InChI=1S/C15H9Cl2F3O2/c16-13-3-1-2-10(14(13)17)8-22-12-5-9(7-21)4-11(6-12)15(18,19)20/h1-7H,8H2. The molecule has 0 bridgehead atoms. The molecule has 0 aliphatic heterocycles. The van der Waals surface area contributed by atoms with E-state index in [0.29, 0.717) is 16.9 Å². The Labute approximate surface area is 134 Å². The van der Waals surface area contributed by atoms with Crippen molar-refractivity contribution in [2.75, 3.05) is 0 Å². The lowest BCUT2D eigenvalue weighted by Crippen LogP contribution is -2.07. The molecule has 2 aromatic rings. The van der Waals surface area contributed by atoms with Crippen molar-refractivity contribution in [3.05, 3.63) is 63.1 Å². The minimum Gasteiger partial charge on any atom is -0.489 e. The summed E-state index contributed by atoms with van der Waals surface area (Å²) in [7, 11) is 0. The first-order valence-electron chi connectivity index (χ1n) is 6.04. The second-order valence-electron chi connectivity index (χ2n) is 4.41. The van der Waals surface area contributed by atoms with Crippen molar-refractivity contribution >= 4 is 29.5 Å². The third-order valence-corrected chi connectivity index (χ3v) is 3.68. The molecule has 0 amide bonds. The lowest BCUT2D eigenvalue weighted by atomic mass is 10.1. The van der Waals surface area contributed by atoms with Crippen LogP contribution in [0.3, 0.4) is 0 Å². The van der Waals surface area contributed by atoms with Crippen LogP contribution in [0.4, 0.5) is 13.2 Å². The molecule has 0 aromatic heterocycles. The van der Waals surface area contributed by atoms with Gasteiger partial charge in [0.1, 0.15) is 18.6 Å². The average molecular weight is 349 g/mol. The summed E-state index contributed by atoms with van der Waals surface area (Å²) in [6.45, 7) is -0.0704. The van der Waals surface area contributed by atoms with Gasteiger partial charge in [-0.1, -0.05) is 35.3 Å². The van der Waals surface area contributed by atoms with Crippen LogP contribution in [0.25, 0.3) is 0 Å². The number of carbonyl (C=O) groups is 1. The number of hydrogen-bond acceptors (Lipinski definition) is 2. The zero-order chi connectivity index (χ0) is 16.3. The maximum Gasteiger partial charge on any atom is 0.416 e. The van der Waals surface area contributed by atoms with Crippen LogP contribution in [0.15, 0.2) is 36.4 Å². The van der Waals surface area contributed by atoms with Crippen molar-refractivity contribution in [3.63, 3.8) is 0 Å². The van der Waals surface area contributed by atoms with Crippen molar-refractivity contribution in [1.29, 1.82) is 0 Å². The highest BCUT2D eigenvalue weighted by molar-refractivity contribution is 6.42. The van der Waals surface area contributed by atoms with Gasteiger partial charge in [-0.25, -0.2) is 0 Å². The van der Waals surface area contributed by atoms with Gasteiger partial charge in [-0.05, 0) is 24.3 Å². The lowest BCUT2D eigenvalue weighted by Gasteiger charge is -2.12. The monoisotopic (exact) mass is 348 g/mol. The molecule has 0 fully saturated rings. The second kappa shape index (κ2) is 6.58. The van der Waals surface area contributed by atoms with Crippen LogP contribution in [0.1, 0.15) is 21.5 Å². The number of aldehydes is 1. The SMILES string of the molecule is O=Cc1cc(OCc2cccc(Cl)c2Cl)cc(C(F)(F)F)c1. The maximum absolute atomic E-state index is 12.8. The highest BCUT2D eigenvalue weighted by atomic mass is 35.5. The van der Waals surface area contributed by atoms with E-state index in [1.807, 2.05) is 0 Å². The first kappa shape index (κ1) is 16.6. The first-order valence-corrected chi connectivity index (χ1v) is 6.80. The van der Waals surface area contributed by atoms with Crippen LogP contribution < -0.4 is 4.74 Å². The van der Waals surface area contributed by atoms with Crippen molar-refractivity contribution in [3.8, 4) is 5.75 Å². The maximum atomic E-state index is 12.8. The molecule has 7 heteroatoms. The van der Waals surface area contributed by atoms with Gasteiger partial charge in [0.05, 0.1) is 15.6 Å². The van der Waals surface area contributed by atoms with E-state index < -0.39 is 11.7 Å². The van der Waals surface area contributed by atoms with Crippen LogP contribution in [0.5, 0.6) is 5.75 Å². The number of carbonyl (C=O) groups excluding carboxylic acids is 1. The van der Waals surface area contributed by atoms with Crippen LogP contribution in [-0.4, -0.2) is 6.29 Å². The van der Waals surface area contributed by atoms with E-state index in [0.717, 1.165) is 12.1 Å². The third-order valence-electron chi connectivity index (χ3n) is 2.82.